The topological polar surface area (TPSA) is 76.2 Å². The van der Waals surface area contributed by atoms with Crippen molar-refractivity contribution in [1.82, 2.24) is 14.9 Å². The molecule has 0 bridgehead atoms. The van der Waals surface area contributed by atoms with Crippen molar-refractivity contribution < 1.29 is 4.92 Å². The van der Waals surface area contributed by atoms with Crippen LogP contribution in [0.4, 0.5) is 11.6 Å². The second kappa shape index (κ2) is 7.55. The average Bonchev–Trinajstić information content (AvgIpc) is 2.87. The summed E-state index contributed by atoms with van der Waals surface area (Å²) in [7, 11) is 0. The molecule has 0 unspecified atom stereocenters. The summed E-state index contributed by atoms with van der Waals surface area (Å²) in [4.78, 5) is 18.0. The van der Waals surface area contributed by atoms with Gasteiger partial charge in [0.15, 0.2) is 5.52 Å². The molecule has 7 nitrogen and oxygen atoms in total. The van der Waals surface area contributed by atoms with Gasteiger partial charge in [0.1, 0.15) is 4.47 Å². The van der Waals surface area contributed by atoms with Crippen LogP contribution in [0.3, 0.4) is 0 Å². The van der Waals surface area contributed by atoms with Crippen LogP contribution in [-0.4, -0.2) is 40.7 Å². The molecular weight excluding hydrogens is 465 g/mol. The van der Waals surface area contributed by atoms with Gasteiger partial charge in [-0.3, -0.25) is 10.1 Å². The van der Waals surface area contributed by atoms with Crippen LogP contribution in [0.2, 0.25) is 0 Å². The number of benzene rings is 1. The maximum absolute atomic E-state index is 11.5. The van der Waals surface area contributed by atoms with Crippen LogP contribution >= 0.6 is 44.3 Å². The summed E-state index contributed by atoms with van der Waals surface area (Å²) in [6, 6.07) is 2.04. The third kappa shape index (κ3) is 3.26. The second-order valence-corrected chi connectivity index (χ2v) is 7.41. The SMILES string of the molecule is CC(C)n1c(N2CCNCC2)nc2c([N+](=O)[O-])c(Br)c(Br)cc21.Cl. The highest BCUT2D eigenvalue weighted by Gasteiger charge is 2.28. The van der Waals surface area contributed by atoms with Crippen molar-refractivity contribution in [1.29, 1.82) is 0 Å². The van der Waals surface area contributed by atoms with Crippen LogP contribution in [0.15, 0.2) is 15.0 Å². The number of nitro groups is 1. The lowest BCUT2D eigenvalue weighted by atomic mass is 10.2. The van der Waals surface area contributed by atoms with E-state index in [1.807, 2.05) is 6.07 Å². The first kappa shape index (κ1) is 19.4. The number of nitrogens with zero attached hydrogens (tertiary/aromatic N) is 4. The first-order valence-electron chi connectivity index (χ1n) is 7.41. The summed E-state index contributed by atoms with van der Waals surface area (Å²) in [5.41, 5.74) is 1.20. The number of imidazole rings is 1. The zero-order valence-electron chi connectivity index (χ0n) is 13.3. The quantitative estimate of drug-likeness (QED) is 0.530. The molecule has 0 atom stereocenters. The van der Waals surface area contributed by atoms with Crippen LogP contribution < -0.4 is 10.2 Å². The van der Waals surface area contributed by atoms with Crippen molar-refractivity contribution in [3.8, 4) is 0 Å². The van der Waals surface area contributed by atoms with Gasteiger partial charge in [-0.15, -0.1) is 12.4 Å². The van der Waals surface area contributed by atoms with Crippen LogP contribution in [0, 0.1) is 10.1 Å². The highest BCUT2D eigenvalue weighted by Crippen LogP contribution is 2.41. The van der Waals surface area contributed by atoms with Crippen LogP contribution in [-0.2, 0) is 0 Å². The minimum absolute atomic E-state index is 0. The summed E-state index contributed by atoms with van der Waals surface area (Å²) in [5.74, 6) is 0.796. The van der Waals surface area contributed by atoms with Crippen molar-refractivity contribution in [2.45, 2.75) is 19.9 Å². The van der Waals surface area contributed by atoms with Gasteiger partial charge in [0.05, 0.1) is 10.4 Å². The molecular formula is C14H18Br2ClN5O2. The normalized spacial score (nSPS) is 15.0. The maximum Gasteiger partial charge on any atom is 0.312 e. The number of fused-ring (bicyclic) bond motifs is 1. The van der Waals surface area contributed by atoms with Gasteiger partial charge in [-0.25, -0.2) is 4.98 Å². The lowest BCUT2D eigenvalue weighted by Gasteiger charge is -2.29. The summed E-state index contributed by atoms with van der Waals surface area (Å²) in [6.07, 6.45) is 0. The average molecular weight is 484 g/mol. The fraction of sp³-hybridized carbons (Fsp3) is 0.500. The highest BCUT2D eigenvalue weighted by molar-refractivity contribution is 9.13. The lowest BCUT2D eigenvalue weighted by Crippen LogP contribution is -2.44. The van der Waals surface area contributed by atoms with E-state index < -0.39 is 0 Å². The summed E-state index contributed by atoms with van der Waals surface area (Å²) >= 11 is 6.72. The Labute approximate surface area is 162 Å². The third-order valence-electron chi connectivity index (χ3n) is 3.93. The monoisotopic (exact) mass is 481 g/mol. The van der Waals surface area contributed by atoms with Gasteiger partial charge in [0, 0.05) is 36.7 Å². The van der Waals surface area contributed by atoms with E-state index in [0.29, 0.717) is 14.5 Å². The van der Waals surface area contributed by atoms with E-state index in [9.17, 15) is 10.1 Å². The van der Waals surface area contributed by atoms with E-state index in [2.05, 4.69) is 65.5 Å². The Hall–Kier alpha value is -0.900. The molecule has 2 heterocycles. The Morgan fingerprint density at radius 2 is 1.96 bits per heavy atom. The van der Waals surface area contributed by atoms with Crippen molar-refractivity contribution in [3.05, 3.63) is 25.1 Å². The fourth-order valence-corrected chi connectivity index (χ4v) is 3.76. The van der Waals surface area contributed by atoms with Crippen LogP contribution in [0.1, 0.15) is 19.9 Å². The zero-order valence-corrected chi connectivity index (χ0v) is 17.2. The summed E-state index contributed by atoms with van der Waals surface area (Å²) < 4.78 is 3.16. The smallest absolute Gasteiger partial charge is 0.312 e. The Kier molecular flexibility index (Phi) is 6.11. The van der Waals surface area contributed by atoms with Gasteiger partial charge in [0.25, 0.3) is 0 Å². The molecule has 132 valence electrons. The molecule has 1 N–H and O–H groups in total. The largest absolute Gasteiger partial charge is 0.340 e. The van der Waals surface area contributed by atoms with E-state index >= 15 is 0 Å². The molecule has 0 saturated carbocycles. The molecule has 1 saturated heterocycles. The van der Waals surface area contributed by atoms with Gasteiger partial charge in [-0.1, -0.05) is 0 Å². The molecule has 0 amide bonds. The molecule has 10 heteroatoms. The maximum atomic E-state index is 11.5. The molecule has 0 radical (unpaired) electrons. The minimum atomic E-state index is -0.379. The van der Waals surface area contributed by atoms with Crippen LogP contribution in [0.25, 0.3) is 11.0 Å². The Bertz CT molecular complexity index is 774. The number of nitro benzene ring substituents is 1. The molecule has 3 rings (SSSR count). The van der Waals surface area contributed by atoms with Crippen molar-refractivity contribution in [2.75, 3.05) is 31.1 Å². The van der Waals surface area contributed by atoms with Crippen LogP contribution in [0.5, 0.6) is 0 Å². The first-order chi connectivity index (χ1) is 10.9. The second-order valence-electron chi connectivity index (χ2n) is 5.76. The van der Waals surface area contributed by atoms with Crippen molar-refractivity contribution in [2.24, 2.45) is 0 Å². The Morgan fingerprint density at radius 3 is 2.50 bits per heavy atom. The fourth-order valence-electron chi connectivity index (χ4n) is 2.91. The van der Waals surface area contributed by atoms with E-state index in [4.69, 9.17) is 0 Å². The molecule has 24 heavy (non-hydrogen) atoms. The standard InChI is InChI=1S/C14H17Br2N5O2.ClH/c1-8(2)20-10-7-9(15)11(16)13(21(22)23)12(10)18-14(20)19-5-3-17-4-6-19;/h7-8,17H,3-6H2,1-2H3;1H. The molecule has 2 aromatic rings. The van der Waals surface area contributed by atoms with E-state index in [1.54, 1.807) is 0 Å². The van der Waals surface area contributed by atoms with Gasteiger partial charge in [-0.2, -0.15) is 0 Å². The van der Waals surface area contributed by atoms with Gasteiger partial charge < -0.3 is 14.8 Å². The number of anilines is 1. The molecule has 1 aromatic carbocycles. The van der Waals surface area contributed by atoms with Crippen molar-refractivity contribution in [3.63, 3.8) is 0 Å². The summed E-state index contributed by atoms with van der Waals surface area (Å²) in [6.45, 7) is 7.58. The summed E-state index contributed by atoms with van der Waals surface area (Å²) in [5, 5.41) is 14.8. The lowest BCUT2D eigenvalue weighted by molar-refractivity contribution is -0.384. The van der Waals surface area contributed by atoms with Gasteiger partial charge in [-0.05, 0) is 51.8 Å². The zero-order chi connectivity index (χ0) is 16.7. The minimum Gasteiger partial charge on any atom is -0.340 e. The van der Waals surface area contributed by atoms with E-state index in [-0.39, 0.29) is 29.1 Å². The van der Waals surface area contributed by atoms with E-state index in [1.165, 1.54) is 0 Å². The number of rotatable bonds is 3. The highest BCUT2D eigenvalue weighted by atomic mass is 79.9. The molecule has 0 aliphatic carbocycles. The molecule has 1 aromatic heterocycles. The molecule has 1 fully saturated rings. The molecule has 1 aliphatic heterocycles. The van der Waals surface area contributed by atoms with Crippen molar-refractivity contribution >= 4 is 66.9 Å². The number of hydrogen-bond acceptors (Lipinski definition) is 5. The Morgan fingerprint density at radius 1 is 1.33 bits per heavy atom. The van der Waals surface area contributed by atoms with E-state index in [0.717, 1.165) is 37.6 Å². The number of nitrogens with one attached hydrogen (secondary N) is 1. The first-order valence-corrected chi connectivity index (χ1v) is 9.00. The molecule has 0 spiro atoms. The molecule has 1 aliphatic rings. The predicted octanol–water partition coefficient (Wildman–Crippen LogP) is 3.88. The van der Waals surface area contributed by atoms with Gasteiger partial charge >= 0.3 is 5.69 Å². The number of piperazine rings is 1. The predicted molar refractivity (Wildman–Crippen MR) is 105 cm³/mol. The third-order valence-corrected chi connectivity index (χ3v) is 5.89. The Balaban J connectivity index is 0.00000208. The number of halogens is 3. The number of aromatic nitrogens is 2. The van der Waals surface area contributed by atoms with Gasteiger partial charge in [0.2, 0.25) is 5.95 Å². The number of hydrogen-bond donors (Lipinski definition) is 1.